The van der Waals surface area contributed by atoms with E-state index in [1.165, 1.54) is 0 Å². The molecule has 2 aromatic carbocycles. The summed E-state index contributed by atoms with van der Waals surface area (Å²) in [6, 6.07) is 11.2. The molecule has 0 saturated carbocycles. The molecule has 0 aromatic heterocycles. The molecule has 1 aliphatic rings. The van der Waals surface area contributed by atoms with Gasteiger partial charge in [-0.1, -0.05) is 28.1 Å². The minimum atomic E-state index is -0.392. The smallest absolute Gasteiger partial charge is 0.229 e. The fraction of sp³-hybridized carbons (Fsp3) is 0.300. The van der Waals surface area contributed by atoms with Crippen LogP contribution in [0, 0.1) is 19.8 Å². The predicted molar refractivity (Wildman–Crippen MR) is 106 cm³/mol. The Hall–Kier alpha value is -2.34. The number of benzene rings is 2. The standard InChI is InChI=1S/C20H21BrN2O3/c1-12-8-15(9-13(2)19(12)21)22-20(25)14-10-18(24)23(11-14)16-6-4-5-7-17(16)26-3/h4-9,14H,10-11H2,1-3H3,(H,22,25)/t14-/m1/s1. The van der Waals surface area contributed by atoms with Crippen LogP contribution in [0.25, 0.3) is 0 Å². The number of anilines is 2. The van der Waals surface area contributed by atoms with E-state index in [1.807, 2.05) is 50.2 Å². The van der Waals surface area contributed by atoms with Crippen LogP contribution in [0.5, 0.6) is 5.75 Å². The van der Waals surface area contributed by atoms with Crippen molar-refractivity contribution in [3.63, 3.8) is 0 Å². The van der Waals surface area contributed by atoms with Gasteiger partial charge in [0.1, 0.15) is 5.75 Å². The number of hydrogen-bond donors (Lipinski definition) is 1. The highest BCUT2D eigenvalue weighted by Crippen LogP contribution is 2.33. The van der Waals surface area contributed by atoms with Gasteiger partial charge in [0.2, 0.25) is 11.8 Å². The largest absolute Gasteiger partial charge is 0.495 e. The lowest BCUT2D eigenvalue weighted by atomic mass is 10.1. The second-order valence-electron chi connectivity index (χ2n) is 6.49. The maximum absolute atomic E-state index is 12.7. The number of methoxy groups -OCH3 is 1. The van der Waals surface area contributed by atoms with E-state index in [2.05, 4.69) is 21.2 Å². The summed E-state index contributed by atoms with van der Waals surface area (Å²) in [5.74, 6) is 0.0208. The number of rotatable bonds is 4. The third-order valence-electron chi connectivity index (χ3n) is 4.58. The van der Waals surface area contributed by atoms with Crippen molar-refractivity contribution < 1.29 is 14.3 Å². The molecule has 6 heteroatoms. The number of hydrogen-bond acceptors (Lipinski definition) is 3. The zero-order chi connectivity index (χ0) is 18.8. The highest BCUT2D eigenvalue weighted by molar-refractivity contribution is 9.10. The zero-order valence-electron chi connectivity index (χ0n) is 15.0. The first kappa shape index (κ1) is 18.5. The van der Waals surface area contributed by atoms with Gasteiger partial charge >= 0.3 is 0 Å². The number of nitrogens with zero attached hydrogens (tertiary/aromatic N) is 1. The van der Waals surface area contributed by atoms with Crippen LogP contribution in [0.3, 0.4) is 0 Å². The van der Waals surface area contributed by atoms with E-state index in [9.17, 15) is 9.59 Å². The van der Waals surface area contributed by atoms with Crippen LogP contribution in [0.4, 0.5) is 11.4 Å². The summed E-state index contributed by atoms with van der Waals surface area (Å²) in [6.07, 6.45) is 0.193. The maximum atomic E-state index is 12.7. The van der Waals surface area contributed by atoms with Crippen molar-refractivity contribution in [2.24, 2.45) is 5.92 Å². The van der Waals surface area contributed by atoms with Gasteiger partial charge in [-0.05, 0) is 49.2 Å². The highest BCUT2D eigenvalue weighted by Gasteiger charge is 2.36. The van der Waals surface area contributed by atoms with Gasteiger partial charge in [0.25, 0.3) is 0 Å². The summed E-state index contributed by atoms with van der Waals surface area (Å²) >= 11 is 3.53. The SMILES string of the molecule is COc1ccccc1N1C[C@H](C(=O)Nc2cc(C)c(Br)c(C)c2)CC1=O. The first-order chi connectivity index (χ1) is 12.4. The van der Waals surface area contributed by atoms with Crippen LogP contribution in [-0.4, -0.2) is 25.5 Å². The van der Waals surface area contributed by atoms with E-state index in [-0.39, 0.29) is 18.2 Å². The molecule has 0 radical (unpaired) electrons. The van der Waals surface area contributed by atoms with Gasteiger partial charge in [-0.15, -0.1) is 0 Å². The molecule has 1 atom stereocenters. The fourth-order valence-corrected chi connectivity index (χ4v) is 3.46. The molecule has 1 aliphatic heterocycles. The Morgan fingerprint density at radius 2 is 1.88 bits per heavy atom. The fourth-order valence-electron chi connectivity index (χ4n) is 3.23. The number of carbonyl (C=O) groups is 2. The molecule has 0 spiro atoms. The van der Waals surface area contributed by atoms with Gasteiger partial charge in [0.05, 0.1) is 18.7 Å². The van der Waals surface area contributed by atoms with Gasteiger partial charge in [0.15, 0.2) is 0 Å². The average Bonchev–Trinajstić information content (AvgIpc) is 3.01. The van der Waals surface area contributed by atoms with Crippen molar-refractivity contribution in [1.82, 2.24) is 0 Å². The second-order valence-corrected chi connectivity index (χ2v) is 7.28. The van der Waals surface area contributed by atoms with E-state index in [0.717, 1.165) is 21.3 Å². The minimum absolute atomic E-state index is 0.0715. The summed E-state index contributed by atoms with van der Waals surface area (Å²) < 4.78 is 6.37. The molecular weight excluding hydrogens is 396 g/mol. The highest BCUT2D eigenvalue weighted by atomic mass is 79.9. The number of carbonyl (C=O) groups excluding carboxylic acids is 2. The minimum Gasteiger partial charge on any atom is -0.495 e. The lowest BCUT2D eigenvalue weighted by molar-refractivity contribution is -0.122. The first-order valence-corrected chi connectivity index (χ1v) is 9.21. The Labute approximate surface area is 161 Å². The van der Waals surface area contributed by atoms with Crippen LogP contribution >= 0.6 is 15.9 Å². The van der Waals surface area contributed by atoms with Crippen LogP contribution in [0.2, 0.25) is 0 Å². The zero-order valence-corrected chi connectivity index (χ0v) is 16.6. The Morgan fingerprint density at radius 1 is 1.23 bits per heavy atom. The Morgan fingerprint density at radius 3 is 2.54 bits per heavy atom. The number of amides is 2. The first-order valence-electron chi connectivity index (χ1n) is 8.41. The van der Waals surface area contributed by atoms with Crippen LogP contribution in [0.1, 0.15) is 17.5 Å². The summed E-state index contributed by atoms with van der Waals surface area (Å²) in [5, 5.41) is 2.94. The van der Waals surface area contributed by atoms with E-state index in [1.54, 1.807) is 12.0 Å². The maximum Gasteiger partial charge on any atom is 0.229 e. The Bertz CT molecular complexity index is 843. The lowest BCUT2D eigenvalue weighted by Crippen LogP contribution is -2.28. The molecule has 136 valence electrons. The van der Waals surface area contributed by atoms with Crippen molar-refractivity contribution in [2.45, 2.75) is 20.3 Å². The molecule has 3 rings (SSSR count). The van der Waals surface area contributed by atoms with E-state index >= 15 is 0 Å². The molecule has 1 saturated heterocycles. The normalized spacial score (nSPS) is 16.7. The molecular formula is C20H21BrN2O3. The number of halogens is 1. The summed E-state index contributed by atoms with van der Waals surface area (Å²) in [4.78, 5) is 26.7. The molecule has 0 unspecified atom stereocenters. The van der Waals surface area contributed by atoms with Crippen molar-refractivity contribution in [2.75, 3.05) is 23.9 Å². The van der Waals surface area contributed by atoms with Gasteiger partial charge in [-0.2, -0.15) is 0 Å². The second kappa shape index (κ2) is 7.50. The summed E-state index contributed by atoms with van der Waals surface area (Å²) in [5.41, 5.74) is 3.55. The number of nitrogens with one attached hydrogen (secondary N) is 1. The van der Waals surface area contributed by atoms with Crippen LogP contribution < -0.4 is 15.0 Å². The molecule has 2 amide bonds. The van der Waals surface area contributed by atoms with Crippen LogP contribution in [-0.2, 0) is 9.59 Å². The van der Waals surface area contributed by atoms with E-state index in [0.29, 0.717) is 18.0 Å². The average molecular weight is 417 g/mol. The Kier molecular flexibility index (Phi) is 5.32. The van der Waals surface area contributed by atoms with Gasteiger partial charge in [-0.3, -0.25) is 9.59 Å². The monoisotopic (exact) mass is 416 g/mol. The molecule has 1 fully saturated rings. The van der Waals surface area contributed by atoms with E-state index in [4.69, 9.17) is 4.74 Å². The molecule has 5 nitrogen and oxygen atoms in total. The van der Waals surface area contributed by atoms with Crippen molar-refractivity contribution >= 4 is 39.1 Å². The molecule has 0 aliphatic carbocycles. The molecule has 0 bridgehead atoms. The van der Waals surface area contributed by atoms with Gasteiger partial charge in [0, 0.05) is 23.1 Å². The van der Waals surface area contributed by atoms with E-state index < -0.39 is 5.92 Å². The van der Waals surface area contributed by atoms with Crippen LogP contribution in [0.15, 0.2) is 40.9 Å². The molecule has 1 N–H and O–H groups in total. The van der Waals surface area contributed by atoms with Gasteiger partial charge in [-0.25, -0.2) is 0 Å². The summed E-state index contributed by atoms with van der Waals surface area (Å²) in [6.45, 7) is 4.31. The third-order valence-corrected chi connectivity index (χ3v) is 5.83. The quantitative estimate of drug-likeness (QED) is 0.816. The number of aryl methyl sites for hydroxylation is 2. The van der Waals surface area contributed by atoms with Gasteiger partial charge < -0.3 is 15.0 Å². The predicted octanol–water partition coefficient (Wildman–Crippen LogP) is 4.07. The van der Waals surface area contributed by atoms with Crippen molar-refractivity contribution in [1.29, 1.82) is 0 Å². The van der Waals surface area contributed by atoms with Crippen molar-refractivity contribution in [3.05, 3.63) is 52.0 Å². The number of para-hydroxylation sites is 2. The molecule has 2 aromatic rings. The molecule has 26 heavy (non-hydrogen) atoms. The molecule has 1 heterocycles. The third kappa shape index (κ3) is 3.60. The van der Waals surface area contributed by atoms with Crippen molar-refractivity contribution in [3.8, 4) is 5.75 Å². The topological polar surface area (TPSA) is 58.6 Å². The Balaban J connectivity index is 1.75. The lowest BCUT2D eigenvalue weighted by Gasteiger charge is -2.19. The number of ether oxygens (including phenoxy) is 1. The summed E-state index contributed by atoms with van der Waals surface area (Å²) in [7, 11) is 1.57.